The van der Waals surface area contributed by atoms with E-state index in [1.54, 1.807) is 7.11 Å². The number of ether oxygens (including phenoxy) is 2. The molecule has 1 aliphatic heterocycles. The molecule has 1 saturated heterocycles. The predicted octanol–water partition coefficient (Wildman–Crippen LogP) is 2.92. The second-order valence-corrected chi connectivity index (χ2v) is 6.05. The van der Waals surface area contributed by atoms with Gasteiger partial charge in [0.15, 0.2) is 12.1 Å². The van der Waals surface area contributed by atoms with E-state index in [2.05, 4.69) is 0 Å². The van der Waals surface area contributed by atoms with Crippen molar-refractivity contribution in [3.8, 4) is 0 Å². The molecule has 1 rings (SSSR count). The molecule has 1 N–H and O–H groups in total. The highest BCUT2D eigenvalue weighted by atomic mass is 16.6. The Morgan fingerprint density at radius 3 is 2.50 bits per heavy atom. The number of ketones is 1. The van der Waals surface area contributed by atoms with Crippen LogP contribution in [0.1, 0.15) is 58.8 Å². The van der Waals surface area contributed by atoms with Crippen molar-refractivity contribution in [2.45, 2.75) is 71.2 Å². The van der Waals surface area contributed by atoms with Gasteiger partial charge in [0.05, 0.1) is 0 Å². The third-order valence-electron chi connectivity index (χ3n) is 4.27. The molecule has 0 amide bonds. The smallest absolute Gasteiger partial charge is 0.164 e. The van der Waals surface area contributed by atoms with E-state index in [1.165, 1.54) is 0 Å². The van der Waals surface area contributed by atoms with Crippen LogP contribution in [0.4, 0.5) is 0 Å². The molecule has 1 aliphatic rings. The molecule has 0 aromatic rings. The maximum Gasteiger partial charge on any atom is 0.164 e. The van der Waals surface area contributed by atoms with Gasteiger partial charge in [-0.15, -0.1) is 0 Å². The van der Waals surface area contributed by atoms with Crippen molar-refractivity contribution in [3.63, 3.8) is 0 Å². The van der Waals surface area contributed by atoms with Crippen LogP contribution in [0, 0.1) is 11.8 Å². The minimum atomic E-state index is -0.671. The summed E-state index contributed by atoms with van der Waals surface area (Å²) in [4.78, 5) is 12.2. The second kappa shape index (κ2) is 9.48. The molecule has 4 heteroatoms. The Bertz CT molecular complexity index is 280. The summed E-state index contributed by atoms with van der Waals surface area (Å²) in [5.74, 6) is 0.384. The van der Waals surface area contributed by atoms with E-state index in [1.807, 2.05) is 13.8 Å². The molecule has 20 heavy (non-hydrogen) atoms. The van der Waals surface area contributed by atoms with Gasteiger partial charge in [-0.25, -0.2) is 0 Å². The number of methoxy groups -OCH3 is 1. The van der Waals surface area contributed by atoms with E-state index >= 15 is 0 Å². The van der Waals surface area contributed by atoms with Gasteiger partial charge in [0.1, 0.15) is 6.10 Å². The van der Waals surface area contributed by atoms with Crippen molar-refractivity contribution >= 4 is 5.78 Å². The van der Waals surface area contributed by atoms with Gasteiger partial charge in [0.25, 0.3) is 0 Å². The number of carbonyl (C=O) groups is 1. The fraction of sp³-hybridized carbons (Fsp3) is 0.938. The highest BCUT2D eigenvalue weighted by Crippen LogP contribution is 2.20. The lowest BCUT2D eigenvalue weighted by atomic mass is 9.93. The summed E-state index contributed by atoms with van der Waals surface area (Å²) in [6, 6.07) is 0. The monoisotopic (exact) mass is 286 g/mol. The predicted molar refractivity (Wildman–Crippen MR) is 78.4 cm³/mol. The van der Waals surface area contributed by atoms with E-state index < -0.39 is 6.29 Å². The number of Topliss-reactive ketones (excluding diaryl/α,β-unsaturated/α-hetero) is 1. The topological polar surface area (TPSA) is 55.8 Å². The molecule has 118 valence electrons. The molecule has 4 nitrogen and oxygen atoms in total. The van der Waals surface area contributed by atoms with Crippen LogP contribution in [0.25, 0.3) is 0 Å². The largest absolute Gasteiger partial charge is 0.374 e. The van der Waals surface area contributed by atoms with Gasteiger partial charge in [-0.1, -0.05) is 33.1 Å². The van der Waals surface area contributed by atoms with Gasteiger partial charge in [0.2, 0.25) is 0 Å². The molecule has 0 bridgehead atoms. The summed E-state index contributed by atoms with van der Waals surface area (Å²) in [5.41, 5.74) is 0. The average molecular weight is 286 g/mol. The van der Waals surface area contributed by atoms with E-state index in [0.717, 1.165) is 44.9 Å². The molecular weight excluding hydrogens is 256 g/mol. The lowest BCUT2D eigenvalue weighted by Gasteiger charge is -2.22. The quantitative estimate of drug-likeness (QED) is 0.805. The van der Waals surface area contributed by atoms with Crippen LogP contribution in [0.3, 0.4) is 0 Å². The van der Waals surface area contributed by atoms with Gasteiger partial charge in [0, 0.05) is 25.6 Å². The Balaban J connectivity index is 2.54. The summed E-state index contributed by atoms with van der Waals surface area (Å²) < 4.78 is 10.8. The molecule has 0 aliphatic carbocycles. The lowest BCUT2D eigenvalue weighted by molar-refractivity contribution is -0.137. The van der Waals surface area contributed by atoms with Crippen molar-refractivity contribution in [3.05, 3.63) is 0 Å². The first-order valence-electron chi connectivity index (χ1n) is 7.92. The highest BCUT2D eigenvalue weighted by molar-refractivity contribution is 5.85. The van der Waals surface area contributed by atoms with Crippen LogP contribution in [-0.4, -0.2) is 37.0 Å². The summed E-state index contributed by atoms with van der Waals surface area (Å²) >= 11 is 0. The Morgan fingerprint density at radius 1 is 1.10 bits per heavy atom. The third kappa shape index (κ3) is 5.90. The molecule has 0 saturated carbocycles. The zero-order chi connectivity index (χ0) is 15.0. The van der Waals surface area contributed by atoms with Crippen molar-refractivity contribution in [2.24, 2.45) is 11.8 Å². The highest BCUT2D eigenvalue weighted by Gasteiger charge is 2.23. The summed E-state index contributed by atoms with van der Waals surface area (Å²) in [6.07, 6.45) is 5.57. The average Bonchev–Trinajstić information content (AvgIpc) is 2.45. The molecule has 1 heterocycles. The van der Waals surface area contributed by atoms with Crippen LogP contribution < -0.4 is 0 Å². The van der Waals surface area contributed by atoms with E-state index in [-0.39, 0.29) is 23.7 Å². The molecule has 4 unspecified atom stereocenters. The van der Waals surface area contributed by atoms with Crippen molar-refractivity contribution in [1.29, 1.82) is 0 Å². The van der Waals surface area contributed by atoms with Crippen LogP contribution in [0.15, 0.2) is 0 Å². The second-order valence-electron chi connectivity index (χ2n) is 6.05. The summed E-state index contributed by atoms with van der Waals surface area (Å²) in [5, 5.41) is 9.88. The number of aliphatic hydroxyl groups is 1. The zero-order valence-corrected chi connectivity index (χ0v) is 13.1. The normalized spacial score (nSPS) is 35.5. The first-order chi connectivity index (χ1) is 9.56. The number of carbonyl (C=O) groups excluding carboxylic acids is 1. The Hall–Kier alpha value is -0.450. The fourth-order valence-electron chi connectivity index (χ4n) is 2.71. The standard InChI is InChI=1S/C16H30O4/c1-12-9-7-11-20-16(18)13(2)8-5-4-6-10-14(19-3)15(12)17/h12-14,16,18H,4-11H2,1-3H3. The van der Waals surface area contributed by atoms with Gasteiger partial charge < -0.3 is 14.6 Å². The number of rotatable bonds is 1. The van der Waals surface area contributed by atoms with Crippen LogP contribution in [0.2, 0.25) is 0 Å². The van der Waals surface area contributed by atoms with Crippen molar-refractivity contribution < 1.29 is 19.4 Å². The molecule has 0 spiro atoms. The first kappa shape index (κ1) is 17.6. The Kier molecular flexibility index (Phi) is 8.34. The molecule has 4 atom stereocenters. The van der Waals surface area contributed by atoms with E-state index in [0.29, 0.717) is 6.61 Å². The molecule has 1 fully saturated rings. The molecular formula is C16H30O4. The van der Waals surface area contributed by atoms with Crippen LogP contribution in [0.5, 0.6) is 0 Å². The zero-order valence-electron chi connectivity index (χ0n) is 13.1. The van der Waals surface area contributed by atoms with Crippen LogP contribution in [-0.2, 0) is 14.3 Å². The maximum atomic E-state index is 12.2. The van der Waals surface area contributed by atoms with Crippen LogP contribution >= 0.6 is 0 Å². The number of aliphatic hydroxyl groups excluding tert-OH is 1. The molecule has 0 aromatic heterocycles. The van der Waals surface area contributed by atoms with Gasteiger partial charge in [-0.3, -0.25) is 4.79 Å². The number of hydrogen-bond donors (Lipinski definition) is 1. The van der Waals surface area contributed by atoms with Crippen molar-refractivity contribution in [2.75, 3.05) is 13.7 Å². The summed E-state index contributed by atoms with van der Waals surface area (Å²) in [7, 11) is 1.62. The first-order valence-corrected chi connectivity index (χ1v) is 7.92. The lowest BCUT2D eigenvalue weighted by Crippen LogP contribution is -2.29. The van der Waals surface area contributed by atoms with Crippen molar-refractivity contribution in [1.82, 2.24) is 0 Å². The molecule has 0 aromatic carbocycles. The Morgan fingerprint density at radius 2 is 1.80 bits per heavy atom. The van der Waals surface area contributed by atoms with Gasteiger partial charge in [-0.05, 0) is 25.7 Å². The van der Waals surface area contributed by atoms with E-state index in [9.17, 15) is 9.90 Å². The number of hydrogen-bond acceptors (Lipinski definition) is 4. The third-order valence-corrected chi connectivity index (χ3v) is 4.27. The fourth-order valence-corrected chi connectivity index (χ4v) is 2.71. The van der Waals surface area contributed by atoms with E-state index in [4.69, 9.17) is 9.47 Å². The summed E-state index contributed by atoms with van der Waals surface area (Å²) in [6.45, 7) is 4.50. The maximum absolute atomic E-state index is 12.2. The SMILES string of the molecule is COC1CCCCCC(C)C(O)OCCCC(C)C1=O. The molecule has 0 radical (unpaired) electrons. The Labute approximate surface area is 122 Å². The minimum Gasteiger partial charge on any atom is -0.374 e. The minimum absolute atomic E-state index is 0.000979. The van der Waals surface area contributed by atoms with Gasteiger partial charge >= 0.3 is 0 Å². The van der Waals surface area contributed by atoms with Gasteiger partial charge in [-0.2, -0.15) is 0 Å².